The normalized spacial score (nSPS) is 31.2. The van der Waals surface area contributed by atoms with Gasteiger partial charge in [0.25, 0.3) is 0 Å². The summed E-state index contributed by atoms with van der Waals surface area (Å²) >= 11 is 0. The molecule has 0 radical (unpaired) electrons. The van der Waals surface area contributed by atoms with Crippen molar-refractivity contribution in [2.45, 2.75) is 64.5 Å². The monoisotopic (exact) mass is 215 g/mol. The van der Waals surface area contributed by atoms with Crippen LogP contribution in [0.5, 0.6) is 0 Å². The van der Waals surface area contributed by atoms with Crippen LogP contribution in [0.15, 0.2) is 0 Å². The van der Waals surface area contributed by atoms with Crippen LogP contribution in [0.2, 0.25) is 0 Å². The van der Waals surface area contributed by atoms with E-state index in [9.17, 15) is 4.39 Å². The summed E-state index contributed by atoms with van der Waals surface area (Å²) < 4.78 is 14.5. The summed E-state index contributed by atoms with van der Waals surface area (Å²) in [6.07, 6.45) is 7.31. The Labute approximate surface area is 93.6 Å². The van der Waals surface area contributed by atoms with Crippen molar-refractivity contribution in [1.82, 2.24) is 0 Å². The van der Waals surface area contributed by atoms with E-state index >= 15 is 0 Å². The Hall–Kier alpha value is -0.110. The second kappa shape index (κ2) is 5.83. The van der Waals surface area contributed by atoms with Crippen LogP contribution < -0.4 is 5.73 Å². The van der Waals surface area contributed by atoms with E-state index in [1.807, 2.05) is 6.92 Å². The summed E-state index contributed by atoms with van der Waals surface area (Å²) in [6, 6.07) is 0. The summed E-state index contributed by atoms with van der Waals surface area (Å²) in [6.45, 7) is 4.49. The highest BCUT2D eigenvalue weighted by atomic mass is 19.1. The number of alkyl halides is 1. The minimum Gasteiger partial charge on any atom is -0.328 e. The van der Waals surface area contributed by atoms with E-state index in [0.29, 0.717) is 6.42 Å². The molecule has 0 amide bonds. The highest BCUT2D eigenvalue weighted by Gasteiger charge is 2.38. The molecule has 2 N–H and O–H groups in total. The first-order valence-electron chi connectivity index (χ1n) is 6.55. The van der Waals surface area contributed by atoms with Gasteiger partial charge in [0.1, 0.15) is 5.67 Å². The first kappa shape index (κ1) is 13.0. The highest BCUT2D eigenvalue weighted by molar-refractivity contribution is 4.90. The third kappa shape index (κ3) is 3.17. The lowest BCUT2D eigenvalue weighted by Crippen LogP contribution is -2.42. The van der Waals surface area contributed by atoms with Gasteiger partial charge in [0.05, 0.1) is 0 Å². The molecule has 15 heavy (non-hydrogen) atoms. The van der Waals surface area contributed by atoms with E-state index in [4.69, 9.17) is 5.73 Å². The lowest BCUT2D eigenvalue weighted by Gasteiger charge is -2.37. The van der Waals surface area contributed by atoms with Crippen molar-refractivity contribution in [2.24, 2.45) is 17.6 Å². The van der Waals surface area contributed by atoms with E-state index in [-0.39, 0.29) is 12.5 Å². The zero-order valence-corrected chi connectivity index (χ0v) is 10.3. The summed E-state index contributed by atoms with van der Waals surface area (Å²) in [4.78, 5) is 0. The number of halogens is 1. The Morgan fingerprint density at radius 2 is 1.80 bits per heavy atom. The Kier molecular flexibility index (Phi) is 5.04. The van der Waals surface area contributed by atoms with Crippen molar-refractivity contribution in [2.75, 3.05) is 6.54 Å². The van der Waals surface area contributed by atoms with Gasteiger partial charge in [0.15, 0.2) is 0 Å². The molecule has 0 aromatic rings. The quantitative estimate of drug-likeness (QED) is 0.744. The summed E-state index contributed by atoms with van der Waals surface area (Å²) in [5.41, 5.74) is 4.54. The Morgan fingerprint density at radius 1 is 1.20 bits per heavy atom. The van der Waals surface area contributed by atoms with E-state index in [0.717, 1.165) is 25.2 Å². The molecule has 1 rings (SSSR count). The summed E-state index contributed by atoms with van der Waals surface area (Å²) in [7, 11) is 0. The molecule has 1 aliphatic rings. The average molecular weight is 215 g/mol. The van der Waals surface area contributed by atoms with Gasteiger partial charge >= 0.3 is 0 Å². The third-order valence-electron chi connectivity index (χ3n) is 4.16. The highest BCUT2D eigenvalue weighted by Crippen LogP contribution is 2.40. The zero-order chi connectivity index (χ0) is 11.3. The molecule has 0 saturated heterocycles. The Morgan fingerprint density at radius 3 is 2.20 bits per heavy atom. The molecule has 0 aliphatic heterocycles. The van der Waals surface area contributed by atoms with Crippen molar-refractivity contribution in [3.05, 3.63) is 0 Å². The molecule has 0 aromatic carbocycles. The van der Waals surface area contributed by atoms with Crippen molar-refractivity contribution in [1.29, 1.82) is 0 Å². The number of nitrogens with two attached hydrogens (primary N) is 1. The van der Waals surface area contributed by atoms with Gasteiger partial charge in [-0.2, -0.15) is 0 Å². The molecular formula is C13H26FN. The van der Waals surface area contributed by atoms with Crippen LogP contribution in [0, 0.1) is 11.8 Å². The molecule has 0 bridgehead atoms. The molecule has 1 atom stereocenters. The maximum atomic E-state index is 14.5. The summed E-state index contributed by atoms with van der Waals surface area (Å²) in [5.74, 6) is 1.06. The molecular weight excluding hydrogens is 189 g/mol. The Bertz CT molecular complexity index is 175. The van der Waals surface area contributed by atoms with Crippen LogP contribution in [0.25, 0.3) is 0 Å². The van der Waals surface area contributed by atoms with E-state index in [1.54, 1.807) is 0 Å². The van der Waals surface area contributed by atoms with Gasteiger partial charge in [-0.25, -0.2) is 4.39 Å². The second-order valence-electron chi connectivity index (χ2n) is 5.11. The predicted molar refractivity (Wildman–Crippen MR) is 63.5 cm³/mol. The van der Waals surface area contributed by atoms with Crippen molar-refractivity contribution in [3.63, 3.8) is 0 Å². The maximum Gasteiger partial charge on any atom is 0.126 e. The topological polar surface area (TPSA) is 26.0 Å². The zero-order valence-electron chi connectivity index (χ0n) is 10.3. The van der Waals surface area contributed by atoms with Crippen molar-refractivity contribution < 1.29 is 4.39 Å². The molecule has 0 heterocycles. The SMILES string of the molecule is CCCC(F)(CN)C1CCC(CC)CC1. The van der Waals surface area contributed by atoms with E-state index < -0.39 is 5.67 Å². The van der Waals surface area contributed by atoms with Gasteiger partial charge < -0.3 is 5.73 Å². The molecule has 1 fully saturated rings. The van der Waals surface area contributed by atoms with Gasteiger partial charge in [-0.1, -0.05) is 39.5 Å². The summed E-state index contributed by atoms with van der Waals surface area (Å²) in [5, 5.41) is 0. The van der Waals surface area contributed by atoms with Gasteiger partial charge in [0, 0.05) is 6.54 Å². The molecule has 1 aliphatic carbocycles. The van der Waals surface area contributed by atoms with E-state index in [1.165, 1.54) is 19.3 Å². The molecule has 0 spiro atoms. The van der Waals surface area contributed by atoms with Crippen LogP contribution in [0.3, 0.4) is 0 Å². The standard InChI is InChI=1S/C13H26FN/c1-3-9-13(14,10-15)12-7-5-11(4-2)6-8-12/h11-12H,3-10,15H2,1-2H3. The van der Waals surface area contributed by atoms with Crippen LogP contribution in [0.4, 0.5) is 4.39 Å². The average Bonchev–Trinajstić information content (AvgIpc) is 2.29. The van der Waals surface area contributed by atoms with E-state index in [2.05, 4.69) is 6.92 Å². The van der Waals surface area contributed by atoms with Crippen LogP contribution in [0.1, 0.15) is 58.8 Å². The predicted octanol–water partition coefficient (Wildman–Crippen LogP) is 3.67. The Balaban J connectivity index is 2.49. The van der Waals surface area contributed by atoms with Crippen LogP contribution in [-0.4, -0.2) is 12.2 Å². The lowest BCUT2D eigenvalue weighted by molar-refractivity contribution is 0.0438. The van der Waals surface area contributed by atoms with Crippen LogP contribution in [-0.2, 0) is 0 Å². The molecule has 90 valence electrons. The molecule has 1 unspecified atom stereocenters. The van der Waals surface area contributed by atoms with Gasteiger partial charge in [-0.05, 0) is 31.1 Å². The van der Waals surface area contributed by atoms with Crippen molar-refractivity contribution >= 4 is 0 Å². The second-order valence-corrected chi connectivity index (χ2v) is 5.11. The minimum absolute atomic E-state index is 0.211. The van der Waals surface area contributed by atoms with Gasteiger partial charge in [0.2, 0.25) is 0 Å². The largest absolute Gasteiger partial charge is 0.328 e. The molecule has 1 nitrogen and oxygen atoms in total. The smallest absolute Gasteiger partial charge is 0.126 e. The van der Waals surface area contributed by atoms with Crippen molar-refractivity contribution in [3.8, 4) is 0 Å². The van der Waals surface area contributed by atoms with Crippen LogP contribution >= 0.6 is 0 Å². The third-order valence-corrected chi connectivity index (χ3v) is 4.16. The fourth-order valence-corrected chi connectivity index (χ4v) is 2.98. The number of hydrogen-bond donors (Lipinski definition) is 1. The van der Waals surface area contributed by atoms with Gasteiger partial charge in [-0.3, -0.25) is 0 Å². The maximum absolute atomic E-state index is 14.5. The fraction of sp³-hybridized carbons (Fsp3) is 1.00. The molecule has 1 saturated carbocycles. The minimum atomic E-state index is -1.08. The molecule has 0 aromatic heterocycles. The first-order valence-corrected chi connectivity index (χ1v) is 6.55. The van der Waals surface area contributed by atoms with Gasteiger partial charge in [-0.15, -0.1) is 0 Å². The molecule has 2 heteroatoms. The number of rotatable bonds is 5. The fourth-order valence-electron chi connectivity index (χ4n) is 2.98. The number of hydrogen-bond acceptors (Lipinski definition) is 1. The first-order chi connectivity index (χ1) is 7.16. The lowest BCUT2D eigenvalue weighted by atomic mass is 9.72.